The molecule has 8 heteroatoms. The number of nitrogens with zero attached hydrogens (tertiary/aromatic N) is 4. The number of hydrogen-bond donors (Lipinski definition) is 2. The zero-order chi connectivity index (χ0) is 16.9. The molecule has 1 heterocycles. The molecule has 0 spiro atoms. The number of nitrogens with one attached hydrogen (secondary N) is 2. The first kappa shape index (κ1) is 21.7. The fourth-order valence-corrected chi connectivity index (χ4v) is 2.22. The Morgan fingerprint density at radius 3 is 2.43 bits per heavy atom. The van der Waals surface area contributed by atoms with E-state index in [1.807, 2.05) is 18.7 Å². The van der Waals surface area contributed by atoms with Crippen molar-refractivity contribution >= 4 is 35.8 Å². The van der Waals surface area contributed by atoms with Crippen molar-refractivity contribution in [1.82, 2.24) is 25.3 Å². The largest absolute Gasteiger partial charge is 0.354 e. The van der Waals surface area contributed by atoms with Crippen LogP contribution in [0.3, 0.4) is 0 Å². The van der Waals surface area contributed by atoms with E-state index in [4.69, 9.17) is 0 Å². The maximum atomic E-state index is 11.6. The van der Waals surface area contributed by atoms with Crippen LogP contribution in [0.2, 0.25) is 0 Å². The summed E-state index contributed by atoms with van der Waals surface area (Å²) in [4.78, 5) is 17.3. The zero-order valence-corrected chi connectivity index (χ0v) is 17.4. The number of guanidine groups is 1. The molecular weight excluding hydrogens is 407 g/mol. The fraction of sp³-hybridized carbons (Fsp3) is 0.667. The zero-order valence-electron chi connectivity index (χ0n) is 15.1. The Bertz CT molecular complexity index is 552. The first-order valence-corrected chi connectivity index (χ1v) is 7.42. The van der Waals surface area contributed by atoms with Gasteiger partial charge < -0.3 is 15.5 Å². The second kappa shape index (κ2) is 9.74. The molecule has 1 amide bonds. The summed E-state index contributed by atoms with van der Waals surface area (Å²) in [5.41, 5.74) is 3.48. The smallest absolute Gasteiger partial charge is 0.241 e. The Morgan fingerprint density at radius 2 is 2.00 bits per heavy atom. The van der Waals surface area contributed by atoms with Gasteiger partial charge in [0.15, 0.2) is 5.96 Å². The third-order valence-corrected chi connectivity index (χ3v) is 3.68. The summed E-state index contributed by atoms with van der Waals surface area (Å²) in [5, 5.41) is 10.8. The van der Waals surface area contributed by atoms with Gasteiger partial charge in [0.2, 0.25) is 5.91 Å². The van der Waals surface area contributed by atoms with E-state index in [0.29, 0.717) is 5.96 Å². The minimum Gasteiger partial charge on any atom is -0.354 e. The van der Waals surface area contributed by atoms with Crippen LogP contribution in [0.4, 0.5) is 0 Å². The molecule has 1 atom stereocenters. The Hall–Kier alpha value is -1.32. The number of aromatic nitrogens is 2. The van der Waals surface area contributed by atoms with Gasteiger partial charge in [-0.05, 0) is 32.8 Å². The number of hydrogen-bond acceptors (Lipinski definition) is 3. The lowest BCUT2D eigenvalue weighted by atomic mass is 10.1. The molecule has 23 heavy (non-hydrogen) atoms. The van der Waals surface area contributed by atoms with Gasteiger partial charge in [-0.2, -0.15) is 5.10 Å². The molecule has 0 aliphatic carbocycles. The van der Waals surface area contributed by atoms with Crippen LogP contribution >= 0.6 is 24.0 Å². The summed E-state index contributed by atoms with van der Waals surface area (Å²) in [6.45, 7) is 6.42. The van der Waals surface area contributed by atoms with Crippen molar-refractivity contribution in [2.45, 2.75) is 33.2 Å². The second-order valence-electron chi connectivity index (χ2n) is 5.74. The lowest BCUT2D eigenvalue weighted by Gasteiger charge is -2.19. The topological polar surface area (TPSA) is 74.6 Å². The van der Waals surface area contributed by atoms with Crippen LogP contribution in [-0.2, 0) is 18.3 Å². The number of carbonyl (C=O) groups excluding carboxylic acids is 1. The number of rotatable bonds is 5. The molecule has 0 aromatic carbocycles. The molecule has 1 rings (SSSR count). The van der Waals surface area contributed by atoms with E-state index < -0.39 is 0 Å². The average Bonchev–Trinajstić information content (AvgIpc) is 2.69. The summed E-state index contributed by atoms with van der Waals surface area (Å²) in [6.07, 6.45) is 0.855. The van der Waals surface area contributed by atoms with Gasteiger partial charge in [0.1, 0.15) is 0 Å². The van der Waals surface area contributed by atoms with E-state index in [9.17, 15) is 4.79 Å². The highest BCUT2D eigenvalue weighted by Crippen LogP contribution is 2.13. The molecule has 1 unspecified atom stereocenters. The summed E-state index contributed by atoms with van der Waals surface area (Å²) < 4.78 is 1.90. The van der Waals surface area contributed by atoms with Gasteiger partial charge in [0, 0.05) is 39.9 Å². The lowest BCUT2D eigenvalue weighted by Crippen LogP contribution is -2.46. The third-order valence-electron chi connectivity index (χ3n) is 3.68. The monoisotopic (exact) mass is 436 g/mol. The molecule has 0 aliphatic heterocycles. The van der Waals surface area contributed by atoms with E-state index in [-0.39, 0.29) is 42.5 Å². The van der Waals surface area contributed by atoms with Crippen LogP contribution in [0, 0.1) is 13.8 Å². The van der Waals surface area contributed by atoms with E-state index in [1.54, 1.807) is 26.0 Å². The first-order chi connectivity index (χ1) is 10.3. The quantitative estimate of drug-likeness (QED) is 0.408. The number of aryl methyl sites for hydroxylation is 2. The van der Waals surface area contributed by atoms with Crippen LogP contribution in [0.15, 0.2) is 4.99 Å². The average molecular weight is 436 g/mol. The third kappa shape index (κ3) is 6.36. The second-order valence-corrected chi connectivity index (χ2v) is 5.74. The Labute approximate surface area is 155 Å². The Morgan fingerprint density at radius 1 is 1.39 bits per heavy atom. The molecule has 2 N–H and O–H groups in total. The number of aliphatic imine (C=N–C) groups is 1. The van der Waals surface area contributed by atoms with Crippen molar-refractivity contribution in [3.05, 3.63) is 17.0 Å². The summed E-state index contributed by atoms with van der Waals surface area (Å²) >= 11 is 0. The molecule has 0 saturated carbocycles. The van der Waals surface area contributed by atoms with Gasteiger partial charge in [-0.1, -0.05) is 0 Å². The molecule has 0 saturated heterocycles. The Kier molecular flexibility index (Phi) is 9.18. The molecule has 0 bridgehead atoms. The highest BCUT2D eigenvalue weighted by Gasteiger charge is 2.14. The summed E-state index contributed by atoms with van der Waals surface area (Å²) in [7, 11) is 7.12. The molecule has 1 aromatic heterocycles. The van der Waals surface area contributed by atoms with Gasteiger partial charge in [-0.25, -0.2) is 0 Å². The van der Waals surface area contributed by atoms with Gasteiger partial charge >= 0.3 is 0 Å². The number of amides is 1. The minimum absolute atomic E-state index is 0. The standard InChI is InChI=1S/C15H28N6O.HI/c1-10(8-13-11(2)19-21(7)12(13)3)18-15(16-4)17-9-14(22)20(5)6;/h10H,8-9H2,1-7H3,(H2,16,17,18);1H. The number of halogens is 1. The van der Waals surface area contributed by atoms with Gasteiger partial charge in [0.05, 0.1) is 12.2 Å². The SMILES string of the molecule is CN=C(NCC(=O)N(C)C)NC(C)Cc1c(C)nn(C)c1C.I. The normalized spacial score (nSPS) is 12.4. The number of carbonyl (C=O) groups is 1. The van der Waals surface area contributed by atoms with Crippen LogP contribution in [0.25, 0.3) is 0 Å². The lowest BCUT2D eigenvalue weighted by molar-refractivity contribution is -0.127. The van der Waals surface area contributed by atoms with Crippen LogP contribution < -0.4 is 10.6 Å². The highest BCUT2D eigenvalue weighted by atomic mass is 127. The predicted molar refractivity (Wildman–Crippen MR) is 104 cm³/mol. The maximum Gasteiger partial charge on any atom is 0.241 e. The van der Waals surface area contributed by atoms with E-state index in [0.717, 1.165) is 12.1 Å². The first-order valence-electron chi connectivity index (χ1n) is 7.42. The molecule has 0 aliphatic rings. The molecule has 0 radical (unpaired) electrons. The van der Waals surface area contributed by atoms with Gasteiger partial charge in [0.25, 0.3) is 0 Å². The molecule has 1 aromatic rings. The van der Waals surface area contributed by atoms with E-state index in [1.165, 1.54) is 11.3 Å². The van der Waals surface area contributed by atoms with Crippen molar-refractivity contribution in [2.75, 3.05) is 27.7 Å². The van der Waals surface area contributed by atoms with Crippen LogP contribution in [-0.4, -0.2) is 60.3 Å². The molecule has 132 valence electrons. The summed E-state index contributed by atoms with van der Waals surface area (Å²) in [5.74, 6) is 0.636. The molecular formula is C15H29IN6O. The molecule has 7 nitrogen and oxygen atoms in total. The number of likely N-dealkylation sites (N-methyl/N-ethyl adjacent to an activating group) is 1. The highest BCUT2D eigenvalue weighted by molar-refractivity contribution is 14.0. The molecule has 0 fully saturated rings. The van der Waals surface area contributed by atoms with E-state index in [2.05, 4.69) is 34.6 Å². The van der Waals surface area contributed by atoms with Crippen molar-refractivity contribution in [1.29, 1.82) is 0 Å². The van der Waals surface area contributed by atoms with Crippen LogP contribution in [0.1, 0.15) is 23.9 Å². The van der Waals surface area contributed by atoms with Crippen molar-refractivity contribution in [2.24, 2.45) is 12.0 Å². The minimum atomic E-state index is 0. The van der Waals surface area contributed by atoms with Gasteiger partial charge in [-0.15, -0.1) is 24.0 Å². The maximum absolute atomic E-state index is 11.6. The predicted octanol–water partition coefficient (Wildman–Crippen LogP) is 0.839. The summed E-state index contributed by atoms with van der Waals surface area (Å²) in [6, 6.07) is 0.183. The van der Waals surface area contributed by atoms with Gasteiger partial charge in [-0.3, -0.25) is 14.5 Å². The van der Waals surface area contributed by atoms with Crippen molar-refractivity contribution in [3.8, 4) is 0 Å². The Balaban J connectivity index is 0.00000484. The van der Waals surface area contributed by atoms with Crippen LogP contribution in [0.5, 0.6) is 0 Å². The van der Waals surface area contributed by atoms with Crippen molar-refractivity contribution in [3.63, 3.8) is 0 Å². The fourth-order valence-electron chi connectivity index (χ4n) is 2.22. The van der Waals surface area contributed by atoms with E-state index >= 15 is 0 Å². The van der Waals surface area contributed by atoms with Crippen molar-refractivity contribution < 1.29 is 4.79 Å².